The molecule has 1 fully saturated rings. The minimum Gasteiger partial charge on any atom is -0.314 e. The van der Waals surface area contributed by atoms with E-state index in [2.05, 4.69) is 35.4 Å². The molecule has 1 unspecified atom stereocenters. The Morgan fingerprint density at radius 1 is 1.56 bits per heavy atom. The summed E-state index contributed by atoms with van der Waals surface area (Å²) in [6, 6.07) is 0.628. The Morgan fingerprint density at radius 3 is 3.00 bits per heavy atom. The molecule has 0 spiro atoms. The third-order valence-electron chi connectivity index (χ3n) is 3.04. The Hall–Kier alpha value is -0.580. The van der Waals surface area contributed by atoms with Crippen LogP contribution in [0.5, 0.6) is 0 Å². The van der Waals surface area contributed by atoms with Crippen molar-refractivity contribution in [3.63, 3.8) is 0 Å². The van der Waals surface area contributed by atoms with Crippen LogP contribution < -0.4 is 5.32 Å². The second kappa shape index (κ2) is 6.23. The van der Waals surface area contributed by atoms with Gasteiger partial charge < -0.3 is 5.32 Å². The number of aromatic nitrogens is 2. The molecule has 0 amide bonds. The molecule has 1 aromatic heterocycles. The monoisotopic (exact) mass is 244 g/mol. The van der Waals surface area contributed by atoms with Crippen LogP contribution in [0, 0.1) is 0 Å². The fourth-order valence-corrected chi connectivity index (χ4v) is 2.01. The van der Waals surface area contributed by atoms with Crippen LogP contribution in [-0.2, 0) is 13.1 Å². The quantitative estimate of drug-likeness (QED) is 0.865. The van der Waals surface area contributed by atoms with Gasteiger partial charge in [0.15, 0.2) is 0 Å². The van der Waals surface area contributed by atoms with Crippen molar-refractivity contribution >= 4 is 12.4 Å². The molecular formula is C11H21ClN4. The van der Waals surface area contributed by atoms with E-state index in [1.165, 1.54) is 5.56 Å². The molecule has 0 saturated carbocycles. The summed E-state index contributed by atoms with van der Waals surface area (Å²) in [4.78, 5) is 2.51. The minimum atomic E-state index is 0. The molecule has 0 aromatic carbocycles. The van der Waals surface area contributed by atoms with Gasteiger partial charge >= 0.3 is 0 Å². The maximum atomic E-state index is 4.30. The molecule has 0 aliphatic carbocycles. The van der Waals surface area contributed by atoms with Crippen molar-refractivity contribution in [2.45, 2.75) is 33.0 Å². The molecule has 1 aliphatic heterocycles. The number of halogens is 1. The first kappa shape index (κ1) is 13.5. The highest BCUT2D eigenvalue weighted by atomic mass is 35.5. The summed E-state index contributed by atoms with van der Waals surface area (Å²) in [5.74, 6) is 0. The molecule has 5 heteroatoms. The van der Waals surface area contributed by atoms with Gasteiger partial charge in [0.05, 0.1) is 6.20 Å². The number of aryl methyl sites for hydroxylation is 1. The normalized spacial score (nSPS) is 21.8. The van der Waals surface area contributed by atoms with E-state index < -0.39 is 0 Å². The van der Waals surface area contributed by atoms with E-state index in [1.807, 2.05) is 10.9 Å². The Bertz CT molecular complexity index is 313. The molecule has 1 aliphatic rings. The lowest BCUT2D eigenvalue weighted by atomic mass is 10.2. The molecule has 4 nitrogen and oxygen atoms in total. The standard InChI is InChI=1S/C11H20N4.ClH/c1-3-15-9-11(7-13-15)8-14-5-4-12-6-10(14)2;/h7,9-10,12H,3-6,8H2,1-2H3;1H. The van der Waals surface area contributed by atoms with E-state index in [1.54, 1.807) is 0 Å². The second-order valence-corrected chi connectivity index (χ2v) is 4.23. The van der Waals surface area contributed by atoms with Crippen LogP contribution in [0.2, 0.25) is 0 Å². The highest BCUT2D eigenvalue weighted by Crippen LogP contribution is 2.09. The van der Waals surface area contributed by atoms with E-state index in [9.17, 15) is 0 Å². The van der Waals surface area contributed by atoms with Gasteiger partial charge in [0, 0.05) is 50.5 Å². The minimum absolute atomic E-state index is 0. The Kier molecular flexibility index (Phi) is 5.25. The van der Waals surface area contributed by atoms with Crippen molar-refractivity contribution in [1.82, 2.24) is 20.0 Å². The van der Waals surface area contributed by atoms with Crippen LogP contribution in [0.1, 0.15) is 19.4 Å². The second-order valence-electron chi connectivity index (χ2n) is 4.23. The Morgan fingerprint density at radius 2 is 2.38 bits per heavy atom. The number of piperazine rings is 1. The summed E-state index contributed by atoms with van der Waals surface area (Å²) < 4.78 is 1.99. The van der Waals surface area contributed by atoms with Gasteiger partial charge in [0.1, 0.15) is 0 Å². The van der Waals surface area contributed by atoms with Crippen LogP contribution in [0.15, 0.2) is 12.4 Å². The largest absolute Gasteiger partial charge is 0.314 e. The first-order valence-electron chi connectivity index (χ1n) is 5.75. The molecule has 0 bridgehead atoms. The number of hydrogen-bond donors (Lipinski definition) is 1. The molecule has 0 radical (unpaired) electrons. The van der Waals surface area contributed by atoms with E-state index in [-0.39, 0.29) is 12.4 Å². The molecular weight excluding hydrogens is 224 g/mol. The number of nitrogens with zero attached hydrogens (tertiary/aromatic N) is 3. The van der Waals surface area contributed by atoms with E-state index in [0.29, 0.717) is 6.04 Å². The third-order valence-corrected chi connectivity index (χ3v) is 3.04. The molecule has 1 atom stereocenters. The van der Waals surface area contributed by atoms with Crippen molar-refractivity contribution in [2.24, 2.45) is 0 Å². The lowest BCUT2D eigenvalue weighted by molar-refractivity contribution is 0.165. The Labute approximate surface area is 103 Å². The summed E-state index contributed by atoms with van der Waals surface area (Å²) in [5, 5.41) is 7.70. The van der Waals surface area contributed by atoms with Crippen LogP contribution >= 0.6 is 12.4 Å². The number of nitrogens with one attached hydrogen (secondary N) is 1. The molecule has 2 heterocycles. The van der Waals surface area contributed by atoms with Crippen LogP contribution in [0.3, 0.4) is 0 Å². The van der Waals surface area contributed by atoms with Crippen LogP contribution in [-0.4, -0.2) is 40.4 Å². The van der Waals surface area contributed by atoms with Gasteiger partial charge in [-0.2, -0.15) is 5.10 Å². The SMILES string of the molecule is CCn1cc(CN2CCNCC2C)cn1.Cl. The first-order chi connectivity index (χ1) is 7.29. The molecule has 1 aromatic rings. The van der Waals surface area contributed by atoms with Crippen LogP contribution in [0.25, 0.3) is 0 Å². The van der Waals surface area contributed by atoms with Crippen molar-refractivity contribution in [1.29, 1.82) is 0 Å². The number of hydrogen-bond acceptors (Lipinski definition) is 3. The van der Waals surface area contributed by atoms with E-state index in [0.717, 1.165) is 32.7 Å². The molecule has 2 rings (SSSR count). The highest BCUT2D eigenvalue weighted by molar-refractivity contribution is 5.85. The van der Waals surface area contributed by atoms with E-state index >= 15 is 0 Å². The van der Waals surface area contributed by atoms with Crippen molar-refractivity contribution < 1.29 is 0 Å². The maximum absolute atomic E-state index is 4.30. The first-order valence-corrected chi connectivity index (χ1v) is 5.75. The van der Waals surface area contributed by atoms with Gasteiger partial charge in [0.2, 0.25) is 0 Å². The average molecular weight is 245 g/mol. The summed E-state index contributed by atoms with van der Waals surface area (Å²) in [7, 11) is 0. The van der Waals surface area contributed by atoms with Crippen molar-refractivity contribution in [2.75, 3.05) is 19.6 Å². The zero-order chi connectivity index (χ0) is 10.7. The van der Waals surface area contributed by atoms with Gasteiger partial charge in [-0.05, 0) is 13.8 Å². The summed E-state index contributed by atoms with van der Waals surface area (Å²) in [6.45, 7) is 9.72. The summed E-state index contributed by atoms with van der Waals surface area (Å²) in [5.41, 5.74) is 1.32. The smallest absolute Gasteiger partial charge is 0.0534 e. The molecule has 1 N–H and O–H groups in total. The van der Waals surface area contributed by atoms with Gasteiger partial charge in [-0.25, -0.2) is 0 Å². The summed E-state index contributed by atoms with van der Waals surface area (Å²) >= 11 is 0. The van der Waals surface area contributed by atoms with E-state index in [4.69, 9.17) is 0 Å². The molecule has 92 valence electrons. The summed E-state index contributed by atoms with van der Waals surface area (Å²) in [6.07, 6.45) is 4.13. The van der Waals surface area contributed by atoms with Crippen molar-refractivity contribution in [3.05, 3.63) is 18.0 Å². The molecule has 1 saturated heterocycles. The predicted octanol–water partition coefficient (Wildman–Crippen LogP) is 1.12. The zero-order valence-corrected chi connectivity index (χ0v) is 10.8. The predicted molar refractivity (Wildman–Crippen MR) is 67.9 cm³/mol. The maximum Gasteiger partial charge on any atom is 0.0534 e. The number of rotatable bonds is 3. The molecule has 16 heavy (non-hydrogen) atoms. The van der Waals surface area contributed by atoms with Gasteiger partial charge in [0.25, 0.3) is 0 Å². The average Bonchev–Trinajstić information content (AvgIpc) is 2.69. The van der Waals surface area contributed by atoms with Gasteiger partial charge in [-0.15, -0.1) is 12.4 Å². The lowest BCUT2D eigenvalue weighted by Gasteiger charge is -2.33. The van der Waals surface area contributed by atoms with Gasteiger partial charge in [-0.3, -0.25) is 9.58 Å². The fraction of sp³-hybridized carbons (Fsp3) is 0.727. The third kappa shape index (κ3) is 3.20. The van der Waals surface area contributed by atoms with Crippen molar-refractivity contribution in [3.8, 4) is 0 Å². The lowest BCUT2D eigenvalue weighted by Crippen LogP contribution is -2.49. The topological polar surface area (TPSA) is 33.1 Å². The zero-order valence-electron chi connectivity index (χ0n) is 10.0. The fourth-order valence-electron chi connectivity index (χ4n) is 2.01. The van der Waals surface area contributed by atoms with Crippen LogP contribution in [0.4, 0.5) is 0 Å². The Balaban J connectivity index is 0.00000128. The highest BCUT2D eigenvalue weighted by Gasteiger charge is 2.17. The van der Waals surface area contributed by atoms with Gasteiger partial charge in [-0.1, -0.05) is 0 Å².